The van der Waals surface area contributed by atoms with Crippen molar-refractivity contribution in [1.29, 1.82) is 0 Å². The minimum Gasteiger partial charge on any atom is -0.496 e. The van der Waals surface area contributed by atoms with Crippen molar-refractivity contribution in [2.45, 2.75) is 50.6 Å². The normalized spacial score (nSPS) is 15.8. The summed E-state index contributed by atoms with van der Waals surface area (Å²) in [5.41, 5.74) is 10.3. The summed E-state index contributed by atoms with van der Waals surface area (Å²) in [6, 6.07) is 27.6. The maximum absolute atomic E-state index is 15.5. The number of anilines is 2. The molecule has 0 bridgehead atoms. The van der Waals surface area contributed by atoms with Gasteiger partial charge < -0.3 is 30.1 Å². The number of nitrogens with two attached hydrogens (primary N) is 1. The number of carboxylic acids is 1. The van der Waals surface area contributed by atoms with Crippen molar-refractivity contribution in [1.82, 2.24) is 9.97 Å². The van der Waals surface area contributed by atoms with Crippen LogP contribution in [-0.4, -0.2) is 66.3 Å². The molecule has 3 N–H and O–H groups in total. The smallest absolute Gasteiger partial charge is 0.326 e. The third-order valence-corrected chi connectivity index (χ3v) is 11.6. The van der Waals surface area contributed by atoms with E-state index in [1.54, 1.807) is 96.2 Å². The molecule has 4 aromatic carbocycles. The van der Waals surface area contributed by atoms with Gasteiger partial charge in [0.25, 0.3) is 0 Å². The Bertz CT molecular complexity index is 2390. The molecule has 2 saturated heterocycles. The van der Waals surface area contributed by atoms with Crippen LogP contribution in [0.2, 0.25) is 10.0 Å². The minimum absolute atomic E-state index is 0.322. The van der Waals surface area contributed by atoms with E-state index in [-0.39, 0.29) is 23.6 Å². The van der Waals surface area contributed by atoms with Crippen LogP contribution in [0.5, 0.6) is 11.5 Å². The molecule has 320 valence electrons. The zero-order valence-corrected chi connectivity index (χ0v) is 35.7. The predicted molar refractivity (Wildman–Crippen MR) is 238 cm³/mol. The summed E-state index contributed by atoms with van der Waals surface area (Å²) in [6.07, 6.45) is 7.19. The summed E-state index contributed by atoms with van der Waals surface area (Å²) in [5.74, 6) is 0.335. The molecular formula is C48H45Cl2F2N5O5. The number of carboxylic acid groups (broad SMARTS) is 1. The van der Waals surface area contributed by atoms with Crippen molar-refractivity contribution < 1.29 is 33.0 Å². The molecule has 62 heavy (non-hydrogen) atoms. The molecule has 2 aromatic heterocycles. The number of rotatable bonds is 12. The molecule has 0 radical (unpaired) electrons. The first kappa shape index (κ1) is 43.8. The number of primary amides is 1. The fourth-order valence-corrected chi connectivity index (χ4v) is 8.48. The number of methoxy groups -OCH3 is 2. The van der Waals surface area contributed by atoms with E-state index >= 15 is 8.78 Å². The van der Waals surface area contributed by atoms with Gasteiger partial charge in [0, 0.05) is 48.4 Å². The Balaban J connectivity index is 0.000000186. The van der Waals surface area contributed by atoms with E-state index in [2.05, 4.69) is 9.97 Å². The first-order chi connectivity index (χ1) is 29.9. The van der Waals surface area contributed by atoms with Crippen LogP contribution in [0, 0.1) is 11.6 Å². The topological polar surface area (TPSA) is 131 Å². The third kappa shape index (κ3) is 9.77. The molecular weight excluding hydrogens is 835 g/mol. The lowest BCUT2D eigenvalue weighted by molar-refractivity contribution is -0.138. The lowest BCUT2D eigenvalue weighted by Gasteiger charge is -2.23. The number of halogens is 4. The summed E-state index contributed by atoms with van der Waals surface area (Å²) >= 11 is 12.2. The molecule has 4 heterocycles. The summed E-state index contributed by atoms with van der Waals surface area (Å²) < 4.78 is 41.7. The Hall–Kier alpha value is -6.24. The van der Waals surface area contributed by atoms with Crippen LogP contribution >= 0.6 is 23.2 Å². The van der Waals surface area contributed by atoms with Gasteiger partial charge in [0.2, 0.25) is 5.91 Å². The summed E-state index contributed by atoms with van der Waals surface area (Å²) in [6.45, 7) is 1.41. The van der Waals surface area contributed by atoms with Gasteiger partial charge in [-0.05, 0) is 108 Å². The molecule has 2 aliphatic rings. The van der Waals surface area contributed by atoms with Gasteiger partial charge in [-0.1, -0.05) is 71.7 Å². The standard InChI is InChI=1S/C24H23ClFN3O2.C24H22ClFN2O3/c1-31-20-9-8-17(23(26)22(20)16-4-2-5-18(25)13-16)12-15-7-10-21(28-14-15)29-11-3-6-19(29)24(27)30;1-31-20-9-8-17(23(26)22(20)16-4-2-5-18(25)13-16)12-15-7-10-21(27-14-15)28-11-3-6-19(28)24(29)30/h2,4-5,7-10,13-14,19H,3,6,11-12H2,1H3,(H2,27,30);2,4-5,7-10,13-14,19H,3,6,11-12H2,1H3,(H,29,30)/t2*19-/m00/s1. The molecule has 2 fully saturated rings. The van der Waals surface area contributed by atoms with Crippen LogP contribution in [0.3, 0.4) is 0 Å². The first-order valence-corrected chi connectivity index (χ1v) is 20.9. The Kier molecular flexibility index (Phi) is 13.9. The van der Waals surface area contributed by atoms with Crippen LogP contribution in [0.25, 0.3) is 22.3 Å². The molecule has 1 amide bonds. The zero-order chi connectivity index (χ0) is 43.9. The van der Waals surface area contributed by atoms with Crippen LogP contribution < -0.4 is 25.0 Å². The lowest BCUT2D eigenvalue weighted by Crippen LogP contribution is -2.40. The SMILES string of the molecule is COc1ccc(Cc2ccc(N3CCC[C@H]3C(=O)O)nc2)c(F)c1-c1cccc(Cl)c1.COc1ccc(Cc2ccc(N3CCC[C@H]3C(N)=O)nc2)c(F)c1-c1cccc(Cl)c1. The lowest BCUT2D eigenvalue weighted by atomic mass is 9.97. The number of benzene rings is 4. The predicted octanol–water partition coefficient (Wildman–Crippen LogP) is 9.79. The highest BCUT2D eigenvalue weighted by Crippen LogP contribution is 2.38. The number of hydrogen-bond donors (Lipinski definition) is 2. The number of carbonyl (C=O) groups excluding carboxylic acids is 1. The van der Waals surface area contributed by atoms with Crippen molar-refractivity contribution in [3.8, 4) is 33.8 Å². The van der Waals surface area contributed by atoms with E-state index in [1.807, 2.05) is 23.1 Å². The van der Waals surface area contributed by atoms with Crippen LogP contribution in [0.1, 0.15) is 47.9 Å². The molecule has 2 atom stereocenters. The number of hydrogen-bond acceptors (Lipinski definition) is 8. The minimum atomic E-state index is -0.836. The molecule has 2 aliphatic heterocycles. The van der Waals surface area contributed by atoms with Crippen molar-refractivity contribution >= 4 is 46.7 Å². The molecule has 8 rings (SSSR count). The van der Waals surface area contributed by atoms with Crippen LogP contribution in [-0.2, 0) is 22.4 Å². The highest BCUT2D eigenvalue weighted by molar-refractivity contribution is 6.31. The average molecular weight is 881 g/mol. The van der Waals surface area contributed by atoms with Crippen molar-refractivity contribution in [3.05, 3.63) is 153 Å². The quantitative estimate of drug-likeness (QED) is 0.123. The molecule has 10 nitrogen and oxygen atoms in total. The summed E-state index contributed by atoms with van der Waals surface area (Å²) in [5, 5.41) is 10.4. The van der Waals surface area contributed by atoms with E-state index in [0.717, 1.165) is 36.9 Å². The highest BCUT2D eigenvalue weighted by atomic mass is 35.5. The van der Waals surface area contributed by atoms with Gasteiger partial charge in [-0.15, -0.1) is 0 Å². The Morgan fingerprint density at radius 1 is 0.694 bits per heavy atom. The van der Waals surface area contributed by atoms with Gasteiger partial charge in [0.15, 0.2) is 0 Å². The van der Waals surface area contributed by atoms with Gasteiger partial charge >= 0.3 is 5.97 Å². The second-order valence-corrected chi connectivity index (χ2v) is 16.0. The monoisotopic (exact) mass is 879 g/mol. The average Bonchev–Trinajstić information content (AvgIpc) is 3.98. The Morgan fingerprint density at radius 3 is 1.53 bits per heavy atom. The number of aliphatic carboxylic acids is 1. The fraction of sp³-hybridized carbons (Fsp3) is 0.250. The number of ether oxygens (including phenoxy) is 2. The second kappa shape index (κ2) is 19.6. The van der Waals surface area contributed by atoms with E-state index in [4.69, 9.17) is 38.4 Å². The molecule has 0 aliphatic carbocycles. The Labute approximate surface area is 368 Å². The second-order valence-electron chi connectivity index (χ2n) is 15.1. The molecule has 0 unspecified atom stereocenters. The van der Waals surface area contributed by atoms with Crippen molar-refractivity contribution in [3.63, 3.8) is 0 Å². The van der Waals surface area contributed by atoms with E-state index in [1.165, 1.54) is 14.2 Å². The number of nitrogens with zero attached hydrogens (tertiary/aromatic N) is 4. The van der Waals surface area contributed by atoms with Gasteiger partial charge in [0.1, 0.15) is 46.9 Å². The fourth-order valence-electron chi connectivity index (χ4n) is 8.10. The zero-order valence-electron chi connectivity index (χ0n) is 34.2. The summed E-state index contributed by atoms with van der Waals surface area (Å²) in [7, 11) is 3.02. The van der Waals surface area contributed by atoms with E-state index < -0.39 is 12.0 Å². The number of pyridine rings is 2. The third-order valence-electron chi connectivity index (χ3n) is 11.1. The van der Waals surface area contributed by atoms with Crippen molar-refractivity contribution in [2.75, 3.05) is 37.1 Å². The van der Waals surface area contributed by atoms with E-state index in [9.17, 15) is 14.7 Å². The van der Waals surface area contributed by atoms with Gasteiger partial charge in [0.05, 0.1) is 25.3 Å². The first-order valence-electron chi connectivity index (χ1n) is 20.1. The van der Waals surface area contributed by atoms with Gasteiger partial charge in [-0.3, -0.25) is 4.79 Å². The number of amides is 1. The maximum Gasteiger partial charge on any atom is 0.326 e. The highest BCUT2D eigenvalue weighted by Gasteiger charge is 2.32. The maximum atomic E-state index is 15.5. The largest absolute Gasteiger partial charge is 0.496 e. The molecule has 14 heteroatoms. The van der Waals surface area contributed by atoms with Crippen LogP contribution in [0.4, 0.5) is 20.4 Å². The van der Waals surface area contributed by atoms with Crippen molar-refractivity contribution in [2.24, 2.45) is 5.73 Å². The molecule has 0 spiro atoms. The van der Waals surface area contributed by atoms with Crippen LogP contribution in [0.15, 0.2) is 109 Å². The van der Waals surface area contributed by atoms with Gasteiger partial charge in [-0.25, -0.2) is 23.5 Å². The Morgan fingerprint density at radius 2 is 1.15 bits per heavy atom. The molecule has 0 saturated carbocycles. The van der Waals surface area contributed by atoms with Gasteiger partial charge in [-0.2, -0.15) is 0 Å². The summed E-state index contributed by atoms with van der Waals surface area (Å²) in [4.78, 5) is 35.7. The number of aromatic nitrogens is 2. The number of carbonyl (C=O) groups is 2. The van der Waals surface area contributed by atoms with E-state index in [0.29, 0.717) is 92.4 Å². The molecule has 6 aromatic rings.